The van der Waals surface area contributed by atoms with E-state index in [0.717, 1.165) is 39.7 Å². The molecule has 0 fully saturated rings. The van der Waals surface area contributed by atoms with Crippen molar-refractivity contribution >= 4 is 34.1 Å². The van der Waals surface area contributed by atoms with Gasteiger partial charge in [-0.25, -0.2) is 0 Å². The Balaban J connectivity index is 1.61. The van der Waals surface area contributed by atoms with E-state index in [0.29, 0.717) is 0 Å². The minimum Gasteiger partial charge on any atom is -0.310 e. The summed E-state index contributed by atoms with van der Waals surface area (Å²) in [6.45, 7) is 4.26. The molecule has 0 bridgehead atoms. The van der Waals surface area contributed by atoms with Crippen LogP contribution in [-0.4, -0.2) is 0 Å². The fourth-order valence-corrected chi connectivity index (χ4v) is 5.09. The fourth-order valence-electron chi connectivity index (χ4n) is 5.09. The molecule has 0 aliphatic heterocycles. The molecule has 6 rings (SSSR count). The summed E-state index contributed by atoms with van der Waals surface area (Å²) in [5.41, 5.74) is 11.5. The summed E-state index contributed by atoms with van der Waals surface area (Å²) < 4.78 is 0. The number of aryl methyl sites for hydroxylation is 2. The van der Waals surface area contributed by atoms with E-state index in [9.17, 15) is 0 Å². The van der Waals surface area contributed by atoms with Crippen molar-refractivity contribution in [2.24, 2.45) is 0 Å². The van der Waals surface area contributed by atoms with E-state index in [4.69, 9.17) is 0 Å². The van der Waals surface area contributed by atoms with Crippen LogP contribution in [0.4, 0.5) is 34.1 Å². The maximum absolute atomic E-state index is 2.34. The van der Waals surface area contributed by atoms with Crippen molar-refractivity contribution in [3.8, 4) is 11.1 Å². The zero-order chi connectivity index (χ0) is 27.3. The molecule has 0 aliphatic carbocycles. The number of nitrogens with zero attached hydrogens (tertiary/aromatic N) is 2. The molecule has 6 aromatic rings. The number of hydrogen-bond acceptors (Lipinski definition) is 2. The summed E-state index contributed by atoms with van der Waals surface area (Å²) in [5, 5.41) is 0. The molecule has 0 N–H and O–H groups in total. The van der Waals surface area contributed by atoms with Gasteiger partial charge < -0.3 is 9.80 Å². The summed E-state index contributed by atoms with van der Waals surface area (Å²) in [6.07, 6.45) is 0. The van der Waals surface area contributed by atoms with Crippen LogP contribution in [0.15, 0.2) is 158 Å². The third-order valence-electron chi connectivity index (χ3n) is 7.14. The highest BCUT2D eigenvalue weighted by atomic mass is 15.2. The zero-order valence-electron chi connectivity index (χ0n) is 22.9. The first-order valence-electron chi connectivity index (χ1n) is 13.7. The summed E-state index contributed by atoms with van der Waals surface area (Å²) in [6, 6.07) is 56.2. The molecule has 0 atom stereocenters. The number of benzene rings is 6. The van der Waals surface area contributed by atoms with Crippen LogP contribution in [0.2, 0.25) is 0 Å². The van der Waals surface area contributed by atoms with Crippen LogP contribution in [0.3, 0.4) is 0 Å². The van der Waals surface area contributed by atoms with E-state index in [1.54, 1.807) is 0 Å². The Morgan fingerprint density at radius 2 is 0.650 bits per heavy atom. The molecular weight excluding hydrogens is 484 g/mol. The molecule has 0 unspecified atom stereocenters. The Morgan fingerprint density at radius 3 is 1.05 bits per heavy atom. The van der Waals surface area contributed by atoms with Gasteiger partial charge in [0.25, 0.3) is 0 Å². The van der Waals surface area contributed by atoms with E-state index in [2.05, 4.69) is 181 Å². The third-order valence-corrected chi connectivity index (χ3v) is 7.14. The van der Waals surface area contributed by atoms with Gasteiger partial charge in [0.05, 0.1) is 0 Å². The lowest BCUT2D eigenvalue weighted by Gasteiger charge is -2.30. The second-order valence-electron chi connectivity index (χ2n) is 10.1. The molecule has 0 saturated heterocycles. The zero-order valence-corrected chi connectivity index (χ0v) is 22.9. The van der Waals surface area contributed by atoms with Crippen LogP contribution in [0, 0.1) is 13.8 Å². The molecule has 0 saturated carbocycles. The molecule has 0 aliphatic rings. The predicted octanol–water partition coefficient (Wildman–Crippen LogP) is 10.9. The van der Waals surface area contributed by atoms with E-state index < -0.39 is 0 Å². The normalized spacial score (nSPS) is 10.8. The number of anilines is 6. The van der Waals surface area contributed by atoms with Gasteiger partial charge in [-0.05, 0) is 91.7 Å². The van der Waals surface area contributed by atoms with Crippen LogP contribution in [0.25, 0.3) is 11.1 Å². The maximum atomic E-state index is 2.34. The second kappa shape index (κ2) is 11.3. The van der Waals surface area contributed by atoms with Crippen molar-refractivity contribution in [3.63, 3.8) is 0 Å². The average Bonchev–Trinajstić information content (AvgIpc) is 3.01. The first-order valence-corrected chi connectivity index (χ1v) is 13.7. The Labute approximate surface area is 237 Å². The minimum atomic E-state index is 1.10. The van der Waals surface area contributed by atoms with Gasteiger partial charge >= 0.3 is 0 Å². The van der Waals surface area contributed by atoms with Gasteiger partial charge in [0.15, 0.2) is 0 Å². The van der Waals surface area contributed by atoms with E-state index >= 15 is 0 Å². The predicted molar refractivity (Wildman–Crippen MR) is 171 cm³/mol. The van der Waals surface area contributed by atoms with Crippen LogP contribution >= 0.6 is 0 Å². The fraction of sp³-hybridized carbons (Fsp3) is 0.0526. The van der Waals surface area contributed by atoms with Crippen LogP contribution < -0.4 is 9.80 Å². The minimum absolute atomic E-state index is 1.10. The van der Waals surface area contributed by atoms with Gasteiger partial charge in [0, 0.05) is 34.1 Å². The van der Waals surface area contributed by atoms with Crippen molar-refractivity contribution in [1.29, 1.82) is 0 Å². The van der Waals surface area contributed by atoms with Crippen LogP contribution in [0.5, 0.6) is 0 Å². The molecule has 6 aromatic carbocycles. The smallest absolute Gasteiger partial charge is 0.0488 e. The topological polar surface area (TPSA) is 6.48 Å². The van der Waals surface area contributed by atoms with Crippen molar-refractivity contribution in [2.75, 3.05) is 9.80 Å². The lowest BCUT2D eigenvalue weighted by molar-refractivity contribution is 1.24. The Hall–Kier alpha value is -5.08. The average molecular weight is 517 g/mol. The summed E-state index contributed by atoms with van der Waals surface area (Å²) in [4.78, 5) is 4.68. The standard InChI is InChI=1S/C38H32N2/c1-29-18-22-35(23-19-29)39(33-14-8-4-9-15-33)37-26-32(31-12-6-3-7-13-31)27-38(28-37)40(34-16-10-5-11-17-34)36-24-20-30(2)21-25-36/h3-28H,1-2H3. The quantitative estimate of drug-likeness (QED) is 0.208. The molecule has 2 nitrogen and oxygen atoms in total. The van der Waals surface area contributed by atoms with E-state index in [-0.39, 0.29) is 0 Å². The summed E-state index contributed by atoms with van der Waals surface area (Å²) in [7, 11) is 0. The molecule has 0 spiro atoms. The highest BCUT2D eigenvalue weighted by molar-refractivity contribution is 5.87. The maximum Gasteiger partial charge on any atom is 0.0488 e. The number of hydrogen-bond donors (Lipinski definition) is 0. The SMILES string of the molecule is Cc1ccc(N(c2ccccc2)c2cc(-c3ccccc3)cc(N(c3ccccc3)c3ccc(C)cc3)c2)cc1. The van der Waals surface area contributed by atoms with Gasteiger partial charge in [-0.3, -0.25) is 0 Å². The van der Waals surface area contributed by atoms with Crippen LogP contribution in [0.1, 0.15) is 11.1 Å². The van der Waals surface area contributed by atoms with Gasteiger partial charge in [0.2, 0.25) is 0 Å². The van der Waals surface area contributed by atoms with Crippen molar-refractivity contribution in [2.45, 2.75) is 13.8 Å². The molecule has 40 heavy (non-hydrogen) atoms. The molecule has 194 valence electrons. The summed E-state index contributed by atoms with van der Waals surface area (Å²) >= 11 is 0. The molecule has 0 amide bonds. The largest absolute Gasteiger partial charge is 0.310 e. The molecule has 0 radical (unpaired) electrons. The monoisotopic (exact) mass is 516 g/mol. The first-order chi connectivity index (χ1) is 19.7. The molecular formula is C38H32N2. The van der Waals surface area contributed by atoms with Gasteiger partial charge in [0.1, 0.15) is 0 Å². The lowest BCUT2D eigenvalue weighted by atomic mass is 10.0. The van der Waals surface area contributed by atoms with Crippen molar-refractivity contribution in [3.05, 3.63) is 169 Å². The Kier molecular flexibility index (Phi) is 7.15. The molecule has 2 heteroatoms. The molecule has 0 heterocycles. The van der Waals surface area contributed by atoms with Crippen LogP contribution in [-0.2, 0) is 0 Å². The van der Waals surface area contributed by atoms with Gasteiger partial charge in [-0.15, -0.1) is 0 Å². The van der Waals surface area contributed by atoms with Crippen molar-refractivity contribution in [1.82, 2.24) is 0 Å². The van der Waals surface area contributed by atoms with E-state index in [1.165, 1.54) is 16.7 Å². The van der Waals surface area contributed by atoms with Crippen molar-refractivity contribution < 1.29 is 0 Å². The lowest BCUT2D eigenvalue weighted by Crippen LogP contribution is -2.13. The highest BCUT2D eigenvalue weighted by Crippen LogP contribution is 2.43. The third kappa shape index (κ3) is 5.39. The van der Waals surface area contributed by atoms with Gasteiger partial charge in [-0.2, -0.15) is 0 Å². The number of para-hydroxylation sites is 2. The summed E-state index contributed by atoms with van der Waals surface area (Å²) in [5.74, 6) is 0. The highest BCUT2D eigenvalue weighted by Gasteiger charge is 2.19. The number of rotatable bonds is 7. The molecule has 0 aromatic heterocycles. The first kappa shape index (κ1) is 25.2. The Morgan fingerprint density at radius 1 is 0.300 bits per heavy atom. The Bertz CT molecular complexity index is 1570. The second-order valence-corrected chi connectivity index (χ2v) is 10.1. The van der Waals surface area contributed by atoms with Gasteiger partial charge in [-0.1, -0.05) is 102 Å². The van der Waals surface area contributed by atoms with E-state index in [1.807, 2.05) is 0 Å².